The van der Waals surface area contributed by atoms with Crippen LogP contribution in [0.1, 0.15) is 23.7 Å². The van der Waals surface area contributed by atoms with E-state index < -0.39 is 10.9 Å². The minimum Gasteiger partial charge on any atom is -0.456 e. The highest BCUT2D eigenvalue weighted by molar-refractivity contribution is 5.89. The van der Waals surface area contributed by atoms with E-state index in [0.29, 0.717) is 31.7 Å². The first-order valence-corrected chi connectivity index (χ1v) is 8.24. The molecule has 8 heteroatoms. The highest BCUT2D eigenvalue weighted by Gasteiger charge is 2.44. The van der Waals surface area contributed by atoms with Gasteiger partial charge in [0.2, 0.25) is 0 Å². The number of likely N-dealkylation sites (tertiary alicyclic amines) is 1. The molecule has 1 aromatic rings. The fourth-order valence-electron chi connectivity index (χ4n) is 3.25. The van der Waals surface area contributed by atoms with Crippen LogP contribution in [0.3, 0.4) is 0 Å². The van der Waals surface area contributed by atoms with Gasteiger partial charge in [-0.3, -0.25) is 15.0 Å². The monoisotopic (exact) mass is 350 g/mol. The SMILES string of the molecule is CO[C@H]1CN(C2(C)COC2)CC[C@@H]1OC(=O)c1ccc([N+](=O)[O-])cc1. The molecule has 2 fully saturated rings. The van der Waals surface area contributed by atoms with Gasteiger partial charge in [-0.2, -0.15) is 0 Å². The lowest BCUT2D eigenvalue weighted by molar-refractivity contribution is -0.384. The zero-order valence-electron chi connectivity index (χ0n) is 14.3. The van der Waals surface area contributed by atoms with Crippen LogP contribution in [0, 0.1) is 10.1 Å². The van der Waals surface area contributed by atoms with Crippen molar-refractivity contribution >= 4 is 11.7 Å². The number of nitro groups is 1. The number of esters is 1. The van der Waals surface area contributed by atoms with Crippen LogP contribution >= 0.6 is 0 Å². The summed E-state index contributed by atoms with van der Waals surface area (Å²) >= 11 is 0. The van der Waals surface area contributed by atoms with Gasteiger partial charge in [-0.25, -0.2) is 4.79 Å². The van der Waals surface area contributed by atoms with E-state index in [0.717, 1.165) is 6.54 Å². The molecule has 0 saturated carbocycles. The molecule has 2 aliphatic heterocycles. The average molecular weight is 350 g/mol. The summed E-state index contributed by atoms with van der Waals surface area (Å²) in [6.07, 6.45) is 0.119. The lowest BCUT2D eigenvalue weighted by Crippen LogP contribution is -2.65. The third kappa shape index (κ3) is 3.65. The highest BCUT2D eigenvalue weighted by atomic mass is 16.6. The maximum absolute atomic E-state index is 12.3. The Balaban J connectivity index is 1.61. The summed E-state index contributed by atoms with van der Waals surface area (Å²) in [7, 11) is 1.61. The molecule has 3 rings (SSSR count). The number of carbonyl (C=O) groups is 1. The fourth-order valence-corrected chi connectivity index (χ4v) is 3.25. The van der Waals surface area contributed by atoms with Crippen molar-refractivity contribution in [1.29, 1.82) is 0 Å². The van der Waals surface area contributed by atoms with Crippen LogP contribution in [0.15, 0.2) is 24.3 Å². The zero-order chi connectivity index (χ0) is 18.0. The molecule has 2 saturated heterocycles. The van der Waals surface area contributed by atoms with Crippen molar-refractivity contribution in [3.8, 4) is 0 Å². The van der Waals surface area contributed by atoms with E-state index in [-0.39, 0.29) is 23.4 Å². The zero-order valence-corrected chi connectivity index (χ0v) is 14.3. The summed E-state index contributed by atoms with van der Waals surface area (Å²) in [6.45, 7) is 5.05. The van der Waals surface area contributed by atoms with Crippen molar-refractivity contribution in [2.24, 2.45) is 0 Å². The van der Waals surface area contributed by atoms with Gasteiger partial charge in [0.1, 0.15) is 12.2 Å². The molecule has 25 heavy (non-hydrogen) atoms. The highest BCUT2D eigenvalue weighted by Crippen LogP contribution is 2.29. The summed E-state index contributed by atoms with van der Waals surface area (Å²) in [5.74, 6) is -0.492. The molecular weight excluding hydrogens is 328 g/mol. The molecule has 2 aliphatic rings. The van der Waals surface area contributed by atoms with Crippen molar-refractivity contribution in [3.05, 3.63) is 39.9 Å². The minimum absolute atomic E-state index is 0.0319. The van der Waals surface area contributed by atoms with Crippen LogP contribution in [0.4, 0.5) is 5.69 Å². The Labute approximate surface area is 145 Å². The van der Waals surface area contributed by atoms with Gasteiger partial charge in [0, 0.05) is 32.3 Å². The number of nitro benzene ring substituents is 1. The lowest BCUT2D eigenvalue weighted by Gasteiger charge is -2.51. The van der Waals surface area contributed by atoms with Crippen molar-refractivity contribution in [3.63, 3.8) is 0 Å². The molecule has 136 valence electrons. The van der Waals surface area contributed by atoms with E-state index in [1.807, 2.05) is 0 Å². The number of hydrogen-bond donors (Lipinski definition) is 0. The van der Waals surface area contributed by atoms with Crippen LogP contribution in [0.2, 0.25) is 0 Å². The molecule has 8 nitrogen and oxygen atoms in total. The fraction of sp³-hybridized carbons (Fsp3) is 0.588. The second kappa shape index (κ2) is 7.07. The lowest BCUT2D eigenvalue weighted by atomic mass is 9.93. The van der Waals surface area contributed by atoms with Crippen LogP contribution in [0.5, 0.6) is 0 Å². The Morgan fingerprint density at radius 3 is 2.52 bits per heavy atom. The Hall–Kier alpha value is -2.03. The topological polar surface area (TPSA) is 91.1 Å². The maximum Gasteiger partial charge on any atom is 0.338 e. The Morgan fingerprint density at radius 2 is 2.00 bits per heavy atom. The van der Waals surface area contributed by atoms with Crippen LogP contribution in [-0.4, -0.2) is 67.0 Å². The minimum atomic E-state index is -0.503. The number of carbonyl (C=O) groups excluding carboxylic acids is 1. The third-order valence-electron chi connectivity index (χ3n) is 4.96. The largest absolute Gasteiger partial charge is 0.456 e. The van der Waals surface area contributed by atoms with Gasteiger partial charge in [-0.1, -0.05) is 0 Å². The average Bonchev–Trinajstić information content (AvgIpc) is 2.60. The summed E-state index contributed by atoms with van der Waals surface area (Å²) in [5, 5.41) is 10.7. The molecular formula is C17H22N2O6. The van der Waals surface area contributed by atoms with E-state index >= 15 is 0 Å². The van der Waals surface area contributed by atoms with Gasteiger partial charge in [-0.05, 0) is 25.5 Å². The van der Waals surface area contributed by atoms with Gasteiger partial charge in [0.25, 0.3) is 5.69 Å². The van der Waals surface area contributed by atoms with Gasteiger partial charge in [-0.15, -0.1) is 0 Å². The molecule has 2 heterocycles. The van der Waals surface area contributed by atoms with Crippen molar-refractivity contribution in [2.75, 3.05) is 33.4 Å². The Bertz CT molecular complexity index is 643. The molecule has 0 unspecified atom stereocenters. The number of benzene rings is 1. The molecule has 0 spiro atoms. The number of non-ortho nitro benzene ring substituents is 1. The molecule has 0 radical (unpaired) electrons. The van der Waals surface area contributed by atoms with E-state index in [9.17, 15) is 14.9 Å². The Morgan fingerprint density at radius 1 is 1.32 bits per heavy atom. The molecule has 0 aromatic heterocycles. The quantitative estimate of drug-likeness (QED) is 0.453. The molecule has 0 amide bonds. The summed E-state index contributed by atoms with van der Waals surface area (Å²) < 4.78 is 16.5. The molecule has 1 aromatic carbocycles. The molecule has 0 aliphatic carbocycles. The summed E-state index contributed by atoms with van der Waals surface area (Å²) in [4.78, 5) is 24.8. The number of nitrogens with zero attached hydrogens (tertiary/aromatic N) is 2. The van der Waals surface area contributed by atoms with Crippen molar-refractivity contribution in [1.82, 2.24) is 4.90 Å². The predicted molar refractivity (Wildman–Crippen MR) is 88.5 cm³/mol. The van der Waals surface area contributed by atoms with Crippen LogP contribution in [0.25, 0.3) is 0 Å². The maximum atomic E-state index is 12.3. The van der Waals surface area contributed by atoms with E-state index in [1.165, 1.54) is 24.3 Å². The standard InChI is InChI=1S/C17H22N2O6/c1-17(10-24-11-17)18-8-7-14(15(9-18)23-2)25-16(20)12-3-5-13(6-4-12)19(21)22/h3-6,14-15H,7-11H2,1-2H3/t14-,15-/m0/s1. The number of methoxy groups -OCH3 is 1. The van der Waals surface area contributed by atoms with Gasteiger partial charge in [0.05, 0.1) is 29.2 Å². The smallest absolute Gasteiger partial charge is 0.338 e. The number of hydrogen-bond acceptors (Lipinski definition) is 7. The van der Waals surface area contributed by atoms with Crippen molar-refractivity contribution in [2.45, 2.75) is 31.1 Å². The molecule has 0 N–H and O–H groups in total. The van der Waals surface area contributed by atoms with Gasteiger partial charge < -0.3 is 14.2 Å². The van der Waals surface area contributed by atoms with Crippen LogP contribution < -0.4 is 0 Å². The summed E-state index contributed by atoms with van der Waals surface area (Å²) in [5.41, 5.74) is 0.266. The van der Waals surface area contributed by atoms with E-state index in [1.54, 1.807) is 7.11 Å². The van der Waals surface area contributed by atoms with E-state index in [2.05, 4.69) is 11.8 Å². The second-order valence-electron chi connectivity index (χ2n) is 6.75. The van der Waals surface area contributed by atoms with Gasteiger partial charge in [0.15, 0.2) is 0 Å². The van der Waals surface area contributed by atoms with Crippen LogP contribution in [-0.2, 0) is 14.2 Å². The first kappa shape index (κ1) is 17.8. The van der Waals surface area contributed by atoms with Crippen molar-refractivity contribution < 1.29 is 23.9 Å². The normalized spacial score (nSPS) is 25.8. The summed E-state index contributed by atoms with van der Waals surface area (Å²) in [6, 6.07) is 5.41. The molecule has 0 bridgehead atoms. The second-order valence-corrected chi connectivity index (χ2v) is 6.75. The predicted octanol–water partition coefficient (Wildman–Crippen LogP) is 1.63. The first-order valence-electron chi connectivity index (χ1n) is 8.24. The number of piperidine rings is 1. The third-order valence-corrected chi connectivity index (χ3v) is 4.96. The van der Waals surface area contributed by atoms with E-state index in [4.69, 9.17) is 14.2 Å². The first-order chi connectivity index (χ1) is 11.9. The number of rotatable bonds is 5. The van der Waals surface area contributed by atoms with Gasteiger partial charge >= 0.3 is 5.97 Å². The molecule has 2 atom stereocenters. The Kier molecular flexibility index (Phi) is 5.03. The number of ether oxygens (including phenoxy) is 3.